The number of hydrogen-bond acceptors (Lipinski definition) is 3. The molecule has 31 heavy (non-hydrogen) atoms. The summed E-state index contributed by atoms with van der Waals surface area (Å²) in [6.07, 6.45) is 1.78. The Balaban J connectivity index is 1.77. The summed E-state index contributed by atoms with van der Waals surface area (Å²) >= 11 is 15.8. The highest BCUT2D eigenvalue weighted by Crippen LogP contribution is 2.51. The summed E-state index contributed by atoms with van der Waals surface area (Å²) in [5.41, 5.74) is 1.01. The van der Waals surface area contributed by atoms with Crippen molar-refractivity contribution in [3.8, 4) is 0 Å². The van der Waals surface area contributed by atoms with Crippen LogP contribution in [0.3, 0.4) is 0 Å². The van der Waals surface area contributed by atoms with Gasteiger partial charge in [0.2, 0.25) is 11.8 Å². The van der Waals surface area contributed by atoms with Crippen LogP contribution in [0, 0.1) is 0 Å². The maximum Gasteiger partial charge on any atom is 0.242 e. The van der Waals surface area contributed by atoms with Gasteiger partial charge < -0.3 is 15.5 Å². The van der Waals surface area contributed by atoms with Gasteiger partial charge in [-0.2, -0.15) is 0 Å². The van der Waals surface area contributed by atoms with Crippen LogP contribution in [0.4, 0.5) is 0 Å². The van der Waals surface area contributed by atoms with Gasteiger partial charge in [0.05, 0.1) is 5.41 Å². The van der Waals surface area contributed by atoms with Crippen LogP contribution in [0.1, 0.15) is 24.0 Å². The van der Waals surface area contributed by atoms with E-state index >= 15 is 0 Å². The van der Waals surface area contributed by atoms with Crippen LogP contribution < -0.4 is 10.6 Å². The minimum absolute atomic E-state index is 0.179. The van der Waals surface area contributed by atoms with E-state index in [2.05, 4.69) is 26.6 Å². The molecule has 0 spiro atoms. The molecule has 0 saturated heterocycles. The normalized spacial score (nSPS) is 15.4. The minimum atomic E-state index is -0.705. The quantitative estimate of drug-likeness (QED) is 0.515. The van der Waals surface area contributed by atoms with Crippen LogP contribution in [0.15, 0.2) is 46.9 Å². The van der Waals surface area contributed by atoms with Crippen molar-refractivity contribution in [2.75, 3.05) is 27.2 Å². The number of nitrogens with one attached hydrogen (secondary N) is 2. The van der Waals surface area contributed by atoms with Crippen LogP contribution in [-0.2, 0) is 21.4 Å². The van der Waals surface area contributed by atoms with Crippen molar-refractivity contribution in [1.29, 1.82) is 0 Å². The lowest BCUT2D eigenvalue weighted by Gasteiger charge is -2.23. The minimum Gasteiger partial charge on any atom is -0.353 e. The average molecular weight is 527 g/mol. The molecule has 0 unspecified atom stereocenters. The molecule has 5 nitrogen and oxygen atoms in total. The Bertz CT molecular complexity index is 946. The number of carbonyl (C=O) groups is 2. The molecule has 2 N–H and O–H groups in total. The van der Waals surface area contributed by atoms with Crippen molar-refractivity contribution in [3.63, 3.8) is 0 Å². The molecule has 0 bridgehead atoms. The smallest absolute Gasteiger partial charge is 0.242 e. The molecular weight excluding hydrogens is 501 g/mol. The van der Waals surface area contributed by atoms with E-state index in [4.69, 9.17) is 23.2 Å². The summed E-state index contributed by atoms with van der Waals surface area (Å²) < 4.78 is 0.960. The van der Waals surface area contributed by atoms with Crippen molar-refractivity contribution in [3.05, 3.63) is 68.1 Å². The van der Waals surface area contributed by atoms with E-state index in [9.17, 15) is 9.59 Å². The molecule has 0 radical (unpaired) electrons. The lowest BCUT2D eigenvalue weighted by Crippen LogP contribution is -2.51. The standard InChI is InChI=1S/C23H26BrCl2N3O2/c1-29(2)12-11-27-21(30)20(13-15-3-5-16(24)6-4-15)28-22(31)23(9-10-23)18-8-7-17(25)14-19(18)26/h3-8,14,20H,9-13H2,1-2H3,(H,27,30)(H,28,31)/t20-/m0/s1. The molecule has 2 aromatic rings. The molecule has 1 fully saturated rings. The van der Waals surface area contributed by atoms with Gasteiger partial charge in [-0.25, -0.2) is 0 Å². The van der Waals surface area contributed by atoms with Crippen molar-refractivity contribution >= 4 is 50.9 Å². The number of benzene rings is 2. The summed E-state index contributed by atoms with van der Waals surface area (Å²) in [5, 5.41) is 6.93. The number of hydrogen-bond donors (Lipinski definition) is 2. The number of halogens is 3. The van der Waals surface area contributed by atoms with Gasteiger partial charge in [0.1, 0.15) is 6.04 Å². The predicted molar refractivity (Wildman–Crippen MR) is 129 cm³/mol. The zero-order valence-corrected chi connectivity index (χ0v) is 20.6. The van der Waals surface area contributed by atoms with Crippen LogP contribution in [0.2, 0.25) is 10.0 Å². The van der Waals surface area contributed by atoms with Gasteiger partial charge in [-0.3, -0.25) is 9.59 Å². The molecule has 2 aromatic carbocycles. The Kier molecular flexibility index (Phi) is 8.03. The van der Waals surface area contributed by atoms with E-state index in [1.54, 1.807) is 18.2 Å². The zero-order valence-electron chi connectivity index (χ0n) is 17.6. The monoisotopic (exact) mass is 525 g/mol. The van der Waals surface area contributed by atoms with Gasteiger partial charge >= 0.3 is 0 Å². The van der Waals surface area contributed by atoms with E-state index in [1.165, 1.54) is 0 Å². The largest absolute Gasteiger partial charge is 0.353 e. The SMILES string of the molecule is CN(C)CCNC(=O)[C@H](Cc1ccc(Br)cc1)NC(=O)C1(c2ccc(Cl)cc2Cl)CC1. The van der Waals surface area contributed by atoms with Crippen LogP contribution in [-0.4, -0.2) is 49.9 Å². The summed E-state index contributed by atoms with van der Waals surface area (Å²) in [6.45, 7) is 1.22. The van der Waals surface area contributed by atoms with Gasteiger partial charge in [-0.05, 0) is 62.3 Å². The molecule has 1 atom stereocenters. The number of rotatable bonds is 9. The topological polar surface area (TPSA) is 61.4 Å². The number of nitrogens with zero attached hydrogens (tertiary/aromatic N) is 1. The third-order valence-corrected chi connectivity index (χ3v) is 6.54. The Morgan fingerprint density at radius 2 is 1.81 bits per heavy atom. The number of likely N-dealkylation sites (N-methyl/N-ethyl adjacent to an activating group) is 1. The van der Waals surface area contributed by atoms with Gasteiger partial charge in [0.15, 0.2) is 0 Å². The Labute approximate surface area is 201 Å². The van der Waals surface area contributed by atoms with Gasteiger partial charge in [0, 0.05) is 34.0 Å². The zero-order chi connectivity index (χ0) is 22.6. The molecule has 1 aliphatic rings. The maximum atomic E-state index is 13.3. The number of carbonyl (C=O) groups excluding carboxylic acids is 2. The molecule has 3 rings (SSSR count). The Morgan fingerprint density at radius 1 is 1.13 bits per heavy atom. The molecule has 0 aromatic heterocycles. The average Bonchev–Trinajstić information content (AvgIpc) is 3.50. The summed E-state index contributed by atoms with van der Waals surface area (Å²) in [7, 11) is 3.89. The van der Waals surface area contributed by atoms with Gasteiger partial charge in [-0.15, -0.1) is 0 Å². The summed E-state index contributed by atoms with van der Waals surface area (Å²) in [5.74, 6) is -0.377. The summed E-state index contributed by atoms with van der Waals surface area (Å²) in [6, 6.07) is 12.3. The van der Waals surface area contributed by atoms with Crippen LogP contribution >= 0.6 is 39.1 Å². The van der Waals surface area contributed by atoms with Gasteiger partial charge in [0.25, 0.3) is 0 Å². The second kappa shape index (κ2) is 10.3. The molecular formula is C23H26BrCl2N3O2. The number of amides is 2. The fourth-order valence-corrected chi connectivity index (χ4v) is 4.36. The van der Waals surface area contributed by atoms with E-state index in [-0.39, 0.29) is 11.8 Å². The molecule has 1 aliphatic carbocycles. The Morgan fingerprint density at radius 3 is 2.39 bits per heavy atom. The highest BCUT2D eigenvalue weighted by atomic mass is 79.9. The first-order valence-electron chi connectivity index (χ1n) is 10.1. The van der Waals surface area contributed by atoms with E-state index in [0.29, 0.717) is 35.9 Å². The van der Waals surface area contributed by atoms with Crippen molar-refractivity contribution in [1.82, 2.24) is 15.5 Å². The highest BCUT2D eigenvalue weighted by Gasteiger charge is 2.53. The second-order valence-electron chi connectivity index (χ2n) is 8.16. The molecule has 8 heteroatoms. The predicted octanol–water partition coefficient (Wildman–Crippen LogP) is 4.19. The third kappa shape index (κ3) is 6.22. The lowest BCUT2D eigenvalue weighted by atomic mass is 9.94. The van der Waals surface area contributed by atoms with Crippen LogP contribution in [0.5, 0.6) is 0 Å². The first-order chi connectivity index (χ1) is 14.7. The highest BCUT2D eigenvalue weighted by molar-refractivity contribution is 9.10. The van der Waals surface area contributed by atoms with Crippen molar-refractivity contribution < 1.29 is 9.59 Å². The fourth-order valence-electron chi connectivity index (χ4n) is 3.51. The van der Waals surface area contributed by atoms with Gasteiger partial charge in [-0.1, -0.05) is 57.3 Å². The maximum absolute atomic E-state index is 13.3. The van der Waals surface area contributed by atoms with Crippen LogP contribution in [0.25, 0.3) is 0 Å². The van der Waals surface area contributed by atoms with E-state index in [1.807, 2.05) is 43.3 Å². The third-order valence-electron chi connectivity index (χ3n) is 5.46. The Hall–Kier alpha value is -1.60. The lowest BCUT2D eigenvalue weighted by molar-refractivity contribution is -0.130. The first kappa shape index (κ1) is 24.1. The summed E-state index contributed by atoms with van der Waals surface area (Å²) in [4.78, 5) is 28.2. The van der Waals surface area contributed by atoms with E-state index in [0.717, 1.165) is 22.1 Å². The molecule has 166 valence electrons. The van der Waals surface area contributed by atoms with Crippen molar-refractivity contribution in [2.45, 2.75) is 30.7 Å². The van der Waals surface area contributed by atoms with Crippen molar-refractivity contribution in [2.24, 2.45) is 0 Å². The second-order valence-corrected chi connectivity index (χ2v) is 9.92. The van der Waals surface area contributed by atoms with E-state index < -0.39 is 11.5 Å². The molecule has 2 amide bonds. The fraction of sp³-hybridized carbons (Fsp3) is 0.391. The first-order valence-corrected chi connectivity index (χ1v) is 11.7. The molecule has 0 heterocycles. The molecule has 0 aliphatic heterocycles. The molecule has 1 saturated carbocycles.